The van der Waals surface area contributed by atoms with Crippen molar-refractivity contribution < 1.29 is 0 Å². The Morgan fingerprint density at radius 3 is 2.67 bits per heavy atom. The van der Waals surface area contributed by atoms with Gasteiger partial charge in [-0.25, -0.2) is 10.8 Å². The molecule has 0 amide bonds. The molecule has 0 unspecified atom stereocenters. The van der Waals surface area contributed by atoms with Crippen LogP contribution in [0.25, 0.3) is 5.95 Å². The summed E-state index contributed by atoms with van der Waals surface area (Å²) in [6, 6.07) is 0. The number of hydrazine groups is 1. The lowest BCUT2D eigenvalue weighted by molar-refractivity contribution is 0.896. The molecule has 0 radical (unpaired) electrons. The standard InChI is InChI=1S/C7H10N8/c1-9-5-11-6(14-8)13-7(12-5)15-3-2-10-4-15/h2-4H,8H2,1H3,(H2,9,11,12,13,14). The molecule has 0 spiro atoms. The second kappa shape index (κ2) is 3.88. The maximum atomic E-state index is 5.24. The number of hydrogen-bond acceptors (Lipinski definition) is 7. The number of anilines is 2. The lowest BCUT2D eigenvalue weighted by Crippen LogP contribution is -2.14. The zero-order valence-corrected chi connectivity index (χ0v) is 8.05. The highest BCUT2D eigenvalue weighted by Crippen LogP contribution is 2.07. The van der Waals surface area contributed by atoms with Gasteiger partial charge in [0, 0.05) is 19.4 Å². The molecule has 8 nitrogen and oxygen atoms in total. The molecule has 78 valence electrons. The summed E-state index contributed by atoms with van der Waals surface area (Å²) in [4.78, 5) is 16.1. The Bertz CT molecular complexity index is 414. The first-order chi connectivity index (χ1) is 7.33. The molecule has 4 N–H and O–H groups in total. The number of hydrogen-bond donors (Lipinski definition) is 3. The van der Waals surface area contributed by atoms with Gasteiger partial charge in [0.2, 0.25) is 17.8 Å². The van der Waals surface area contributed by atoms with E-state index in [0.29, 0.717) is 11.9 Å². The van der Waals surface area contributed by atoms with Gasteiger partial charge in [0.1, 0.15) is 6.33 Å². The van der Waals surface area contributed by atoms with E-state index in [1.54, 1.807) is 30.3 Å². The molecule has 8 heteroatoms. The number of nitrogens with zero attached hydrogens (tertiary/aromatic N) is 5. The third kappa shape index (κ3) is 1.83. The summed E-state index contributed by atoms with van der Waals surface area (Å²) in [6.45, 7) is 0. The molecule has 15 heavy (non-hydrogen) atoms. The summed E-state index contributed by atoms with van der Waals surface area (Å²) >= 11 is 0. The quantitative estimate of drug-likeness (QED) is 0.454. The Balaban J connectivity index is 2.47. The molecular weight excluding hydrogens is 196 g/mol. The Labute approximate surface area is 85.6 Å². The summed E-state index contributed by atoms with van der Waals surface area (Å²) < 4.78 is 1.66. The van der Waals surface area contributed by atoms with Crippen LogP contribution in [0.2, 0.25) is 0 Å². The van der Waals surface area contributed by atoms with Crippen LogP contribution in [0.1, 0.15) is 0 Å². The highest BCUT2D eigenvalue weighted by Gasteiger charge is 2.05. The van der Waals surface area contributed by atoms with Gasteiger partial charge in [-0.1, -0.05) is 0 Å². The normalized spacial score (nSPS) is 10.0. The van der Waals surface area contributed by atoms with Crippen molar-refractivity contribution in [1.29, 1.82) is 0 Å². The van der Waals surface area contributed by atoms with Gasteiger partial charge in [-0.05, 0) is 0 Å². The van der Waals surface area contributed by atoms with E-state index in [2.05, 4.69) is 30.7 Å². The fraction of sp³-hybridized carbons (Fsp3) is 0.143. The second-order valence-corrected chi connectivity index (χ2v) is 2.65. The molecule has 0 aliphatic rings. The molecule has 0 aromatic carbocycles. The van der Waals surface area contributed by atoms with E-state index in [9.17, 15) is 0 Å². The molecule has 0 aliphatic heterocycles. The minimum absolute atomic E-state index is 0.290. The van der Waals surface area contributed by atoms with E-state index in [1.807, 2.05) is 0 Å². The van der Waals surface area contributed by atoms with E-state index in [1.165, 1.54) is 0 Å². The van der Waals surface area contributed by atoms with Gasteiger partial charge in [-0.15, -0.1) is 0 Å². The van der Waals surface area contributed by atoms with Crippen molar-refractivity contribution in [3.8, 4) is 5.95 Å². The van der Waals surface area contributed by atoms with Crippen LogP contribution in [-0.4, -0.2) is 31.6 Å². The Kier molecular flexibility index (Phi) is 2.42. The number of rotatable bonds is 3. The maximum Gasteiger partial charge on any atom is 0.243 e. The smallest absolute Gasteiger partial charge is 0.243 e. The molecule has 0 aliphatic carbocycles. The van der Waals surface area contributed by atoms with Crippen LogP contribution in [0.5, 0.6) is 0 Å². The fourth-order valence-electron chi connectivity index (χ4n) is 1.03. The van der Waals surface area contributed by atoms with Crippen molar-refractivity contribution in [3.63, 3.8) is 0 Å². The lowest BCUT2D eigenvalue weighted by Gasteiger charge is -2.05. The number of nitrogens with one attached hydrogen (secondary N) is 2. The SMILES string of the molecule is CNc1nc(NN)nc(-n2ccnc2)n1. The molecule has 0 bridgehead atoms. The van der Waals surface area contributed by atoms with Crippen molar-refractivity contribution in [2.75, 3.05) is 17.8 Å². The van der Waals surface area contributed by atoms with Crippen LogP contribution in [0.4, 0.5) is 11.9 Å². The van der Waals surface area contributed by atoms with Crippen molar-refractivity contribution in [2.24, 2.45) is 5.84 Å². The third-order valence-electron chi connectivity index (χ3n) is 1.71. The molecule has 2 aromatic heterocycles. The van der Waals surface area contributed by atoms with Gasteiger partial charge in [0.15, 0.2) is 0 Å². The van der Waals surface area contributed by atoms with E-state index in [-0.39, 0.29) is 5.95 Å². The molecule has 2 heterocycles. The van der Waals surface area contributed by atoms with Crippen molar-refractivity contribution in [3.05, 3.63) is 18.7 Å². The maximum absolute atomic E-state index is 5.24. The predicted octanol–water partition coefficient (Wildman–Crippen LogP) is -0.615. The largest absolute Gasteiger partial charge is 0.357 e. The van der Waals surface area contributed by atoms with Gasteiger partial charge in [0.25, 0.3) is 0 Å². The minimum Gasteiger partial charge on any atom is -0.357 e. The first kappa shape index (κ1) is 9.34. The first-order valence-corrected chi connectivity index (χ1v) is 4.22. The summed E-state index contributed by atoms with van der Waals surface area (Å²) in [7, 11) is 1.72. The summed E-state index contributed by atoms with van der Waals surface area (Å²) in [5.41, 5.74) is 2.37. The predicted molar refractivity (Wildman–Crippen MR) is 54.3 cm³/mol. The molecule has 2 aromatic rings. The highest BCUT2D eigenvalue weighted by atomic mass is 15.4. The van der Waals surface area contributed by atoms with Gasteiger partial charge < -0.3 is 5.32 Å². The highest BCUT2D eigenvalue weighted by molar-refractivity contribution is 5.36. The number of nitrogens with two attached hydrogens (primary N) is 1. The first-order valence-electron chi connectivity index (χ1n) is 4.22. The van der Waals surface area contributed by atoms with Crippen LogP contribution in [0, 0.1) is 0 Å². The zero-order valence-electron chi connectivity index (χ0n) is 8.05. The average Bonchev–Trinajstić information content (AvgIpc) is 2.81. The van der Waals surface area contributed by atoms with Crippen LogP contribution >= 0.6 is 0 Å². The van der Waals surface area contributed by atoms with Gasteiger partial charge in [-0.3, -0.25) is 9.99 Å². The summed E-state index contributed by atoms with van der Waals surface area (Å²) in [5, 5.41) is 2.81. The minimum atomic E-state index is 0.290. The number of aromatic nitrogens is 5. The number of imidazole rings is 1. The molecular formula is C7H10N8. The third-order valence-corrected chi connectivity index (χ3v) is 1.71. The van der Waals surface area contributed by atoms with Crippen LogP contribution in [0.3, 0.4) is 0 Å². The van der Waals surface area contributed by atoms with Gasteiger partial charge in [0.05, 0.1) is 0 Å². The Morgan fingerprint density at radius 2 is 2.07 bits per heavy atom. The van der Waals surface area contributed by atoms with E-state index < -0.39 is 0 Å². The fourth-order valence-corrected chi connectivity index (χ4v) is 1.03. The molecule has 0 fully saturated rings. The second-order valence-electron chi connectivity index (χ2n) is 2.65. The lowest BCUT2D eigenvalue weighted by atomic mass is 10.7. The molecule has 2 rings (SSSR count). The van der Waals surface area contributed by atoms with Crippen LogP contribution in [-0.2, 0) is 0 Å². The van der Waals surface area contributed by atoms with E-state index in [0.717, 1.165) is 0 Å². The van der Waals surface area contributed by atoms with Crippen molar-refractivity contribution in [1.82, 2.24) is 24.5 Å². The van der Waals surface area contributed by atoms with Crippen molar-refractivity contribution in [2.45, 2.75) is 0 Å². The monoisotopic (exact) mass is 206 g/mol. The Hall–Kier alpha value is -2.22. The van der Waals surface area contributed by atoms with Crippen LogP contribution < -0.4 is 16.6 Å². The van der Waals surface area contributed by atoms with Crippen molar-refractivity contribution >= 4 is 11.9 Å². The topological polar surface area (TPSA) is 107 Å². The number of nitrogen functional groups attached to an aromatic ring is 1. The summed E-state index contributed by atoms with van der Waals surface area (Å²) in [5.74, 6) is 6.41. The molecule has 0 saturated carbocycles. The van der Waals surface area contributed by atoms with E-state index >= 15 is 0 Å². The average molecular weight is 206 g/mol. The van der Waals surface area contributed by atoms with E-state index in [4.69, 9.17) is 5.84 Å². The van der Waals surface area contributed by atoms with Crippen LogP contribution in [0.15, 0.2) is 18.7 Å². The Morgan fingerprint density at radius 1 is 1.27 bits per heavy atom. The van der Waals surface area contributed by atoms with Gasteiger partial charge >= 0.3 is 0 Å². The molecule has 0 saturated heterocycles. The molecule has 0 atom stereocenters. The zero-order chi connectivity index (χ0) is 10.7. The van der Waals surface area contributed by atoms with Gasteiger partial charge in [-0.2, -0.15) is 15.0 Å². The summed E-state index contributed by atoms with van der Waals surface area (Å²) in [6.07, 6.45) is 4.96.